The van der Waals surface area contributed by atoms with Gasteiger partial charge in [-0.25, -0.2) is 13.8 Å². The molecule has 2 saturated carbocycles. The normalized spacial score (nSPS) is 28.3. The molecule has 1 aromatic rings. The van der Waals surface area contributed by atoms with Crippen molar-refractivity contribution in [2.24, 2.45) is 21.8 Å². The molecule has 1 heterocycles. The second kappa shape index (κ2) is 6.41. The molecular weight excluding hydrogens is 368 g/mol. The summed E-state index contributed by atoms with van der Waals surface area (Å²) < 4.78 is 31.3. The first-order valence-corrected chi connectivity index (χ1v) is 10.6. The molecule has 1 aromatic heterocycles. The van der Waals surface area contributed by atoms with Crippen molar-refractivity contribution in [2.75, 3.05) is 13.6 Å². The maximum atomic E-state index is 12.7. The summed E-state index contributed by atoms with van der Waals surface area (Å²) in [6.45, 7) is 9.49. The predicted molar refractivity (Wildman–Crippen MR) is 101 cm³/mol. The summed E-state index contributed by atoms with van der Waals surface area (Å²) in [7, 11) is -2.50. The highest BCUT2D eigenvalue weighted by molar-refractivity contribution is 7.89. The summed E-state index contributed by atoms with van der Waals surface area (Å²) in [5, 5.41) is 8.04. The number of hydrazone groups is 1. The molecule has 2 aliphatic carbocycles. The van der Waals surface area contributed by atoms with E-state index in [4.69, 9.17) is 4.52 Å². The van der Waals surface area contributed by atoms with E-state index in [2.05, 4.69) is 36.5 Å². The zero-order chi connectivity index (χ0) is 20.2. The van der Waals surface area contributed by atoms with E-state index in [0.29, 0.717) is 5.92 Å². The van der Waals surface area contributed by atoms with Crippen LogP contribution in [0.5, 0.6) is 0 Å². The van der Waals surface area contributed by atoms with E-state index in [0.717, 1.165) is 22.9 Å². The highest BCUT2D eigenvalue weighted by Crippen LogP contribution is 2.63. The minimum atomic E-state index is -3.86. The van der Waals surface area contributed by atoms with Crippen LogP contribution in [-0.4, -0.2) is 43.1 Å². The van der Waals surface area contributed by atoms with Crippen molar-refractivity contribution in [3.05, 3.63) is 11.5 Å². The van der Waals surface area contributed by atoms with Crippen molar-refractivity contribution in [2.45, 2.75) is 58.8 Å². The monoisotopic (exact) mass is 396 g/mol. The fourth-order valence-corrected chi connectivity index (χ4v) is 5.96. The number of nitrogens with zero attached hydrogens (tertiary/aromatic N) is 3. The molecule has 2 aliphatic rings. The molecule has 8 nitrogen and oxygen atoms in total. The quantitative estimate of drug-likeness (QED) is 0.769. The molecule has 0 aliphatic heterocycles. The third-order valence-corrected chi connectivity index (χ3v) is 8.88. The van der Waals surface area contributed by atoms with Crippen LogP contribution >= 0.6 is 0 Å². The summed E-state index contributed by atoms with van der Waals surface area (Å²) >= 11 is 0. The molecule has 0 saturated heterocycles. The van der Waals surface area contributed by atoms with E-state index in [1.54, 1.807) is 6.92 Å². The summed E-state index contributed by atoms with van der Waals surface area (Å²) in [4.78, 5) is 12.3. The lowest BCUT2D eigenvalue weighted by Gasteiger charge is -2.34. The number of likely N-dealkylation sites (N-methyl/N-ethyl adjacent to an activating group) is 1. The van der Waals surface area contributed by atoms with Crippen molar-refractivity contribution < 1.29 is 17.7 Å². The number of carbonyl (C=O) groups is 1. The van der Waals surface area contributed by atoms with Gasteiger partial charge in [0.15, 0.2) is 5.76 Å². The maximum absolute atomic E-state index is 12.7. The van der Waals surface area contributed by atoms with Crippen LogP contribution in [0.3, 0.4) is 0 Å². The zero-order valence-electron chi connectivity index (χ0n) is 16.8. The standard InChI is InChI=1S/C18H28N4O4S/c1-11-16(12(2)26-21-11)27(24,25)22(6)10-15(23)20-19-14-9-13-7-8-18(14,5)17(13,3)4/h13H,7-10H2,1-6H3,(H,20,23)/b19-14-. The number of hydrogen-bond donors (Lipinski definition) is 1. The van der Waals surface area contributed by atoms with Gasteiger partial charge in [-0.3, -0.25) is 4.79 Å². The van der Waals surface area contributed by atoms with Crippen LogP contribution in [0.2, 0.25) is 0 Å². The number of fused-ring (bicyclic) bond motifs is 2. The number of rotatable bonds is 5. The van der Waals surface area contributed by atoms with Crippen LogP contribution in [0.1, 0.15) is 51.5 Å². The van der Waals surface area contributed by atoms with Gasteiger partial charge in [0.1, 0.15) is 10.6 Å². The second-order valence-electron chi connectivity index (χ2n) is 8.50. The summed E-state index contributed by atoms with van der Waals surface area (Å²) in [5.41, 5.74) is 3.99. The average molecular weight is 397 g/mol. The van der Waals surface area contributed by atoms with E-state index in [9.17, 15) is 13.2 Å². The number of sulfonamides is 1. The first-order chi connectivity index (χ1) is 12.4. The minimum Gasteiger partial charge on any atom is -0.360 e. The molecular formula is C18H28N4O4S. The minimum absolute atomic E-state index is 0.00600. The van der Waals surface area contributed by atoms with Gasteiger partial charge in [-0.2, -0.15) is 9.41 Å². The highest BCUT2D eigenvalue weighted by Gasteiger charge is 2.60. The van der Waals surface area contributed by atoms with Gasteiger partial charge < -0.3 is 4.52 Å². The van der Waals surface area contributed by atoms with Crippen LogP contribution in [0.4, 0.5) is 0 Å². The molecule has 3 rings (SSSR count). The number of hydrogen-bond acceptors (Lipinski definition) is 6. The first kappa shape index (κ1) is 20.0. The van der Waals surface area contributed by atoms with Crippen LogP contribution in [0.15, 0.2) is 14.5 Å². The summed E-state index contributed by atoms with van der Waals surface area (Å²) in [6, 6.07) is 0. The van der Waals surface area contributed by atoms with Crippen molar-refractivity contribution in [3.8, 4) is 0 Å². The Morgan fingerprint density at radius 3 is 2.52 bits per heavy atom. The Hall–Kier alpha value is -1.74. The molecule has 9 heteroatoms. The Labute approximate surface area is 160 Å². The van der Waals surface area contributed by atoms with E-state index in [1.807, 2.05) is 0 Å². The van der Waals surface area contributed by atoms with Crippen LogP contribution in [0, 0.1) is 30.6 Å². The lowest BCUT2D eigenvalue weighted by Crippen LogP contribution is -2.38. The van der Waals surface area contributed by atoms with E-state index in [1.165, 1.54) is 20.4 Å². The van der Waals surface area contributed by atoms with E-state index < -0.39 is 15.9 Å². The number of carbonyl (C=O) groups excluding carboxylic acids is 1. The van der Waals surface area contributed by atoms with Gasteiger partial charge in [0.05, 0.1) is 6.54 Å². The summed E-state index contributed by atoms with van der Waals surface area (Å²) in [5.74, 6) is 0.322. The second-order valence-corrected chi connectivity index (χ2v) is 10.5. The maximum Gasteiger partial charge on any atom is 0.255 e. The molecule has 1 amide bonds. The van der Waals surface area contributed by atoms with Crippen LogP contribution in [-0.2, 0) is 14.8 Å². The Kier molecular flexibility index (Phi) is 4.75. The van der Waals surface area contributed by atoms with Gasteiger partial charge in [-0.1, -0.05) is 25.9 Å². The summed E-state index contributed by atoms with van der Waals surface area (Å²) in [6.07, 6.45) is 3.14. The average Bonchev–Trinajstić information content (AvgIpc) is 3.09. The van der Waals surface area contributed by atoms with Gasteiger partial charge in [0.2, 0.25) is 10.0 Å². The number of amides is 1. The molecule has 0 radical (unpaired) electrons. The van der Waals surface area contributed by atoms with Gasteiger partial charge in [0.25, 0.3) is 5.91 Å². The lowest BCUT2D eigenvalue weighted by atomic mass is 9.70. The van der Waals surface area contributed by atoms with Gasteiger partial charge >= 0.3 is 0 Å². The van der Waals surface area contributed by atoms with Gasteiger partial charge in [-0.15, -0.1) is 0 Å². The number of aromatic nitrogens is 1. The van der Waals surface area contributed by atoms with Crippen molar-refractivity contribution in [1.29, 1.82) is 0 Å². The number of nitrogens with one attached hydrogen (secondary N) is 1. The fraction of sp³-hybridized carbons (Fsp3) is 0.722. The molecule has 2 fully saturated rings. The van der Waals surface area contributed by atoms with Crippen LogP contribution < -0.4 is 5.43 Å². The number of aryl methyl sites for hydroxylation is 2. The molecule has 0 aromatic carbocycles. The van der Waals surface area contributed by atoms with E-state index >= 15 is 0 Å². The molecule has 27 heavy (non-hydrogen) atoms. The molecule has 150 valence electrons. The Morgan fingerprint density at radius 2 is 2.04 bits per heavy atom. The Bertz CT molecular complexity index is 883. The first-order valence-electron chi connectivity index (χ1n) is 9.16. The van der Waals surface area contributed by atoms with Gasteiger partial charge in [0, 0.05) is 18.2 Å². The smallest absolute Gasteiger partial charge is 0.255 e. The topological polar surface area (TPSA) is 105 Å². The highest BCUT2D eigenvalue weighted by atomic mass is 32.2. The zero-order valence-corrected chi connectivity index (χ0v) is 17.6. The molecule has 2 bridgehead atoms. The lowest BCUT2D eigenvalue weighted by molar-refractivity contribution is -0.121. The predicted octanol–water partition coefficient (Wildman–Crippen LogP) is 2.23. The fourth-order valence-electron chi connectivity index (χ4n) is 4.55. The molecule has 2 unspecified atom stereocenters. The molecule has 0 spiro atoms. The van der Waals surface area contributed by atoms with Crippen molar-refractivity contribution in [1.82, 2.24) is 14.9 Å². The Balaban J connectivity index is 1.68. The third-order valence-electron chi connectivity index (χ3n) is 6.83. The molecule has 1 N–H and O–H groups in total. The van der Waals surface area contributed by atoms with Gasteiger partial charge in [-0.05, 0) is 44.4 Å². The van der Waals surface area contributed by atoms with Crippen molar-refractivity contribution in [3.63, 3.8) is 0 Å². The van der Waals surface area contributed by atoms with Crippen molar-refractivity contribution >= 4 is 21.6 Å². The molecule has 2 atom stereocenters. The van der Waals surface area contributed by atoms with E-state index in [-0.39, 0.29) is 33.7 Å². The largest absolute Gasteiger partial charge is 0.360 e. The SMILES string of the molecule is Cc1noc(C)c1S(=O)(=O)N(C)CC(=O)N/N=C1/CC2CCC1(C)C2(C)C. The third kappa shape index (κ3) is 3.00. The Morgan fingerprint density at radius 1 is 1.37 bits per heavy atom. The van der Waals surface area contributed by atoms with Crippen LogP contribution in [0.25, 0.3) is 0 Å².